The number of hydrogen-bond donors (Lipinski definition) is 0. The summed E-state index contributed by atoms with van der Waals surface area (Å²) in [5.74, 6) is -0.846. The van der Waals surface area contributed by atoms with Gasteiger partial charge in [-0.3, -0.25) is 0 Å². The number of fused-ring (bicyclic) bond motifs is 4. The Morgan fingerprint density at radius 2 is 1.27 bits per heavy atom. The molecule has 2 aliphatic carbocycles. The lowest BCUT2D eigenvalue weighted by Crippen LogP contribution is -2.27. The minimum atomic E-state index is -0.687. The van der Waals surface area contributed by atoms with E-state index < -0.39 is 24.5 Å². The summed E-state index contributed by atoms with van der Waals surface area (Å²) in [6, 6.07) is 8.30. The molecule has 0 N–H and O–H groups in total. The summed E-state index contributed by atoms with van der Waals surface area (Å²) < 4.78 is 15.5. The van der Waals surface area contributed by atoms with Crippen molar-refractivity contribution in [3.8, 4) is 11.5 Å². The van der Waals surface area contributed by atoms with Crippen molar-refractivity contribution in [3.05, 3.63) is 83.0 Å². The van der Waals surface area contributed by atoms with Gasteiger partial charge >= 0.3 is 17.9 Å². The van der Waals surface area contributed by atoms with E-state index in [0.717, 1.165) is 47.2 Å². The molecule has 4 rings (SSSR count). The maximum absolute atomic E-state index is 12.5. The van der Waals surface area contributed by atoms with Gasteiger partial charge in [-0.15, -0.1) is 0 Å². The van der Waals surface area contributed by atoms with Crippen LogP contribution in [0.3, 0.4) is 0 Å². The average molecular weight is 563 g/mol. The molecule has 0 heterocycles. The van der Waals surface area contributed by atoms with Gasteiger partial charge in [-0.05, 0) is 83.0 Å². The molecule has 0 aliphatic heterocycles. The molecule has 0 radical (unpaired) electrons. The van der Waals surface area contributed by atoms with Crippen molar-refractivity contribution in [2.75, 3.05) is 19.8 Å². The molecule has 41 heavy (non-hydrogen) atoms. The first-order valence-corrected chi connectivity index (χ1v) is 13.6. The summed E-state index contributed by atoms with van der Waals surface area (Å²) in [6.07, 6.45) is 3.82. The van der Waals surface area contributed by atoms with Crippen LogP contribution < -0.4 is 9.62 Å². The van der Waals surface area contributed by atoms with Crippen molar-refractivity contribution < 1.29 is 38.4 Å². The van der Waals surface area contributed by atoms with Crippen LogP contribution in [-0.2, 0) is 45.0 Å². The summed E-state index contributed by atoms with van der Waals surface area (Å²) in [5.41, 5.74) is 5.84. The molecule has 0 bridgehead atoms. The maximum atomic E-state index is 12.5. The second-order valence-electron chi connectivity index (χ2n) is 12.1. The topological polar surface area (TPSA) is 97.4 Å². The predicted octanol–water partition coefficient (Wildman–Crippen LogP) is 5.63. The zero-order chi connectivity index (χ0) is 30.2. The minimum absolute atomic E-state index is 0.0427. The quantitative estimate of drug-likeness (QED) is 0.0919. The van der Waals surface area contributed by atoms with Gasteiger partial charge in [0.25, 0.3) is 0 Å². The summed E-state index contributed by atoms with van der Waals surface area (Å²) in [5, 5.41) is 0. The fraction of sp³-hybridized carbons (Fsp3) is 0.424. The van der Waals surface area contributed by atoms with Gasteiger partial charge in [0, 0.05) is 17.6 Å². The normalized spacial score (nSPS) is 19.2. The Morgan fingerprint density at radius 3 is 1.83 bits per heavy atom. The summed E-state index contributed by atoms with van der Waals surface area (Å²) >= 11 is 0. The molecular formula is C33H38O8. The van der Waals surface area contributed by atoms with E-state index in [9.17, 15) is 14.4 Å². The second-order valence-corrected chi connectivity index (χ2v) is 12.1. The molecule has 2 aromatic rings. The van der Waals surface area contributed by atoms with E-state index in [1.165, 1.54) is 11.1 Å². The van der Waals surface area contributed by atoms with E-state index in [-0.39, 0.29) is 29.5 Å². The van der Waals surface area contributed by atoms with Crippen molar-refractivity contribution >= 4 is 17.9 Å². The van der Waals surface area contributed by atoms with Gasteiger partial charge in [0.1, 0.15) is 19.0 Å². The Kier molecular flexibility index (Phi) is 8.18. The maximum Gasteiger partial charge on any atom is 0.349 e. The standard InChI is InChI=1S/C33H38O8/c1-9-28(34)37-11-12-39-41-27-16-25-23(14-21(27)4)32(7,8)19-33(25)18-31(5,6)22-13-20(3)26(15-24(22)33)40-30(36)17-38-29(35)10-2/h9-10,13-16H,1-2,11-12,17-19H2,3-8H3. The molecule has 8 nitrogen and oxygen atoms in total. The van der Waals surface area contributed by atoms with Gasteiger partial charge < -0.3 is 19.1 Å². The van der Waals surface area contributed by atoms with Crippen LogP contribution >= 0.6 is 0 Å². The van der Waals surface area contributed by atoms with Crippen LogP contribution in [0.1, 0.15) is 73.9 Å². The van der Waals surface area contributed by atoms with Gasteiger partial charge in [0.15, 0.2) is 12.4 Å². The molecule has 1 unspecified atom stereocenters. The van der Waals surface area contributed by atoms with Crippen molar-refractivity contribution in [1.82, 2.24) is 0 Å². The lowest BCUT2D eigenvalue weighted by molar-refractivity contribution is -0.215. The number of hydrogen-bond acceptors (Lipinski definition) is 8. The van der Waals surface area contributed by atoms with Crippen LogP contribution in [-0.4, -0.2) is 37.7 Å². The molecule has 0 aromatic heterocycles. The zero-order valence-electron chi connectivity index (χ0n) is 24.7. The first-order chi connectivity index (χ1) is 19.2. The summed E-state index contributed by atoms with van der Waals surface area (Å²) in [4.78, 5) is 46.3. The van der Waals surface area contributed by atoms with E-state index in [1.54, 1.807) is 0 Å². The van der Waals surface area contributed by atoms with Crippen molar-refractivity contribution in [3.63, 3.8) is 0 Å². The SMILES string of the molecule is C=CC(=O)OCCOOc1cc2c(cc1C)C(C)(C)CC21CC(C)(C)c2cc(C)c(OC(=O)COC(=O)C=C)cc21. The Balaban J connectivity index is 1.70. The molecule has 8 heteroatoms. The number of ether oxygens (including phenoxy) is 3. The van der Waals surface area contributed by atoms with Crippen LogP contribution in [0.2, 0.25) is 0 Å². The first-order valence-electron chi connectivity index (χ1n) is 13.6. The Morgan fingerprint density at radius 1 is 0.756 bits per heavy atom. The highest BCUT2D eigenvalue weighted by Gasteiger charge is 2.56. The van der Waals surface area contributed by atoms with Crippen LogP contribution in [0.5, 0.6) is 11.5 Å². The van der Waals surface area contributed by atoms with Crippen molar-refractivity contribution in [1.29, 1.82) is 0 Å². The minimum Gasteiger partial charge on any atom is -0.460 e. The third-order valence-electron chi connectivity index (χ3n) is 8.06. The molecule has 1 spiro atoms. The van der Waals surface area contributed by atoms with E-state index in [2.05, 4.69) is 59.1 Å². The van der Waals surface area contributed by atoms with Gasteiger partial charge in [-0.25, -0.2) is 14.4 Å². The van der Waals surface area contributed by atoms with E-state index in [1.807, 2.05) is 19.9 Å². The smallest absolute Gasteiger partial charge is 0.349 e. The van der Waals surface area contributed by atoms with E-state index in [4.69, 9.17) is 24.0 Å². The van der Waals surface area contributed by atoms with Crippen LogP contribution in [0, 0.1) is 13.8 Å². The van der Waals surface area contributed by atoms with Gasteiger partial charge in [0.2, 0.25) is 0 Å². The Bertz CT molecular complexity index is 1410. The average Bonchev–Trinajstić information content (AvgIpc) is 3.25. The number of esters is 3. The molecule has 0 saturated heterocycles. The highest BCUT2D eigenvalue weighted by atomic mass is 17.2. The molecule has 0 fully saturated rings. The highest BCUT2D eigenvalue weighted by Crippen LogP contribution is 2.64. The highest BCUT2D eigenvalue weighted by molar-refractivity contribution is 5.84. The molecule has 1 atom stereocenters. The van der Waals surface area contributed by atoms with Crippen LogP contribution in [0.25, 0.3) is 0 Å². The lowest BCUT2D eigenvalue weighted by atomic mass is 9.72. The predicted molar refractivity (Wildman–Crippen MR) is 153 cm³/mol. The lowest BCUT2D eigenvalue weighted by Gasteiger charge is -2.30. The fourth-order valence-corrected chi connectivity index (χ4v) is 6.46. The third kappa shape index (κ3) is 5.79. The van der Waals surface area contributed by atoms with Crippen LogP contribution in [0.15, 0.2) is 49.6 Å². The van der Waals surface area contributed by atoms with E-state index in [0.29, 0.717) is 11.5 Å². The molecule has 2 aromatic carbocycles. The third-order valence-corrected chi connectivity index (χ3v) is 8.06. The van der Waals surface area contributed by atoms with Crippen molar-refractivity contribution in [2.24, 2.45) is 0 Å². The monoisotopic (exact) mass is 562 g/mol. The number of benzene rings is 2. The van der Waals surface area contributed by atoms with Gasteiger partial charge in [-0.1, -0.05) is 53.0 Å². The number of carbonyl (C=O) groups is 3. The Labute approximate surface area is 241 Å². The zero-order valence-corrected chi connectivity index (χ0v) is 24.7. The second kappa shape index (κ2) is 11.2. The molecule has 2 aliphatic rings. The fourth-order valence-electron chi connectivity index (χ4n) is 6.46. The summed E-state index contributed by atoms with van der Waals surface area (Å²) in [6.45, 7) is 19.2. The van der Waals surface area contributed by atoms with Gasteiger partial charge in [-0.2, -0.15) is 4.89 Å². The number of aryl methyl sites for hydroxylation is 2. The number of rotatable bonds is 10. The first kappa shape index (κ1) is 30.1. The molecule has 0 saturated carbocycles. The molecule has 218 valence electrons. The van der Waals surface area contributed by atoms with Crippen molar-refractivity contribution in [2.45, 2.75) is 70.6 Å². The van der Waals surface area contributed by atoms with Crippen LogP contribution in [0.4, 0.5) is 0 Å². The molecule has 0 amide bonds. The number of carbonyl (C=O) groups excluding carboxylic acids is 3. The largest absolute Gasteiger partial charge is 0.460 e. The van der Waals surface area contributed by atoms with Gasteiger partial charge in [0.05, 0.1) is 0 Å². The van der Waals surface area contributed by atoms with E-state index >= 15 is 0 Å². The molecular weight excluding hydrogens is 524 g/mol. The Hall–Kier alpha value is -3.91. The summed E-state index contributed by atoms with van der Waals surface area (Å²) in [7, 11) is 0.